The molecule has 0 aromatic heterocycles. The predicted octanol–water partition coefficient (Wildman–Crippen LogP) is -7.45. The van der Waals surface area contributed by atoms with Gasteiger partial charge in [-0.25, -0.2) is 0 Å². The maximum absolute atomic E-state index is 10.7. The molecule has 0 heterocycles. The van der Waals surface area contributed by atoms with Crippen molar-refractivity contribution >= 4 is 26.3 Å². The molecule has 0 radical (unpaired) electrons. The molecule has 0 aliphatic carbocycles. The second-order valence-electron chi connectivity index (χ2n) is 2.05. The Bertz CT molecular complexity index is 223. The molecule has 0 fully saturated rings. The van der Waals surface area contributed by atoms with Crippen LogP contribution in [-0.4, -0.2) is 29.7 Å². The van der Waals surface area contributed by atoms with Gasteiger partial charge in [-0.1, -0.05) is 0 Å². The van der Waals surface area contributed by atoms with Crippen molar-refractivity contribution in [3.05, 3.63) is 0 Å². The van der Waals surface area contributed by atoms with Crippen LogP contribution in [0.25, 0.3) is 0 Å². The Kier molecular flexibility index (Phi) is 18.3. The molecule has 0 aromatic rings. The third-order valence-electron chi connectivity index (χ3n) is 0.960. The summed E-state index contributed by atoms with van der Waals surface area (Å²) in [5.74, 6) is 0.0285. The van der Waals surface area contributed by atoms with E-state index in [4.69, 9.17) is 4.89 Å². The molecular weight excluding hydrogens is 263 g/mol. The van der Waals surface area contributed by atoms with Gasteiger partial charge in [0.05, 0.1) is 13.2 Å². The van der Waals surface area contributed by atoms with Gasteiger partial charge in [-0.2, -0.15) is 12.6 Å². The number of hydrogen-bond donors (Lipinski definition) is 2. The summed E-state index contributed by atoms with van der Waals surface area (Å²) in [5, 5.41) is 10.7. The largest absolute Gasteiger partial charge is 1.00 e. The summed E-state index contributed by atoms with van der Waals surface area (Å²) in [7, 11) is -4.68. The zero-order chi connectivity index (χ0) is 10.3. The van der Waals surface area contributed by atoms with Crippen molar-refractivity contribution in [2.45, 2.75) is 6.42 Å². The fourth-order valence-corrected chi connectivity index (χ4v) is 1.00. The summed E-state index contributed by atoms with van der Waals surface area (Å²) < 4.78 is 14.0. The van der Waals surface area contributed by atoms with Gasteiger partial charge in [-0.05, 0) is 18.1 Å². The molecule has 1 atom stereocenters. The second-order valence-corrected chi connectivity index (χ2v) is 3.69. The van der Waals surface area contributed by atoms with Crippen molar-refractivity contribution in [1.29, 1.82) is 0 Å². The summed E-state index contributed by atoms with van der Waals surface area (Å²) in [6, 6.07) is 0. The van der Waals surface area contributed by atoms with E-state index in [-0.39, 0.29) is 84.6 Å². The van der Waals surface area contributed by atoms with Gasteiger partial charge in [0.1, 0.15) is 0 Å². The van der Waals surface area contributed by atoms with E-state index in [0.29, 0.717) is 5.75 Å². The average Bonchev–Trinajstić information content (AvgIpc) is 1.97. The van der Waals surface area contributed by atoms with E-state index in [1.807, 2.05) is 0 Å². The Morgan fingerprint density at radius 1 is 1.53 bits per heavy atom. The van der Waals surface area contributed by atoms with E-state index in [9.17, 15) is 14.6 Å². The number of phosphoric ester groups is 1. The van der Waals surface area contributed by atoms with Gasteiger partial charge in [0.15, 0.2) is 0 Å². The first-order valence-electron chi connectivity index (χ1n) is 3.45. The van der Waals surface area contributed by atoms with Crippen molar-refractivity contribution in [3.63, 3.8) is 0 Å². The van der Waals surface area contributed by atoms with Gasteiger partial charge in [0, 0.05) is 0 Å². The fraction of sp³-hybridized carbons (Fsp3) is 0.800. The number of nitrogens with zero attached hydrogens (tertiary/aromatic N) is 1. The third kappa shape index (κ3) is 18.5. The molecule has 0 aromatic carbocycles. The van der Waals surface area contributed by atoms with Crippen LogP contribution in [0.3, 0.4) is 0 Å². The monoisotopic (exact) mass is 273 g/mol. The Morgan fingerprint density at radius 2 is 2.07 bits per heavy atom. The molecule has 0 saturated heterocycles. The number of aliphatic imine (C=N–C) groups is 1. The van der Waals surface area contributed by atoms with Crippen LogP contribution in [0, 0.1) is 0 Å². The van der Waals surface area contributed by atoms with Gasteiger partial charge in [-0.15, -0.1) is 0 Å². The molecule has 10 heteroatoms. The van der Waals surface area contributed by atoms with Crippen molar-refractivity contribution < 1.29 is 83.1 Å². The fourth-order valence-electron chi connectivity index (χ4n) is 0.501. The number of thiol groups is 1. The minimum atomic E-state index is -4.68. The number of rotatable bonds is 6. The van der Waals surface area contributed by atoms with Crippen LogP contribution in [0.2, 0.25) is 0 Å². The molecular formula is C5H10NNa2O5PS. The summed E-state index contributed by atoms with van der Waals surface area (Å²) in [6.07, 6.45) is 0.206. The molecule has 0 bridgehead atoms. The minimum Gasteiger partial charge on any atom is -0.862 e. The first-order valence-corrected chi connectivity index (χ1v) is 5.58. The van der Waals surface area contributed by atoms with Crippen molar-refractivity contribution in [1.82, 2.24) is 0 Å². The van der Waals surface area contributed by atoms with Crippen LogP contribution in [-0.2, 0) is 9.09 Å². The molecule has 6 nitrogen and oxygen atoms in total. The topological polar surface area (TPSA) is 105 Å². The van der Waals surface area contributed by atoms with Crippen LogP contribution in [0.4, 0.5) is 0 Å². The first-order chi connectivity index (χ1) is 5.95. The Hall–Kier alpha value is 1.93. The standard InChI is InChI=1S/C5H12NO5PS.2Na/c7-5(1-4-13)6-2-3-11-12(8,9)10;;/h13H,1-4H2,(H,6,7)(H2,8,9,10);;/q;2*+1/p-2. The maximum Gasteiger partial charge on any atom is 1.00 e. The second kappa shape index (κ2) is 12.4. The van der Waals surface area contributed by atoms with Crippen LogP contribution in [0.1, 0.15) is 6.42 Å². The van der Waals surface area contributed by atoms with Crippen LogP contribution in [0.5, 0.6) is 0 Å². The van der Waals surface area contributed by atoms with Gasteiger partial charge < -0.3 is 24.4 Å². The van der Waals surface area contributed by atoms with E-state index < -0.39 is 7.82 Å². The quantitative estimate of drug-likeness (QED) is 0.125. The SMILES string of the molecule is O=P([O-])(O)OCCN=C([O-])CCS.[Na+].[Na+]. The van der Waals surface area contributed by atoms with Gasteiger partial charge in [-0.3, -0.25) is 4.57 Å². The molecule has 0 rings (SSSR count). The Morgan fingerprint density at radius 3 is 2.47 bits per heavy atom. The average molecular weight is 273 g/mol. The number of phosphoric acid groups is 1. The molecule has 1 N–H and O–H groups in total. The van der Waals surface area contributed by atoms with Crippen molar-refractivity contribution in [2.75, 3.05) is 18.9 Å². The van der Waals surface area contributed by atoms with Gasteiger partial charge in [0.25, 0.3) is 7.82 Å². The van der Waals surface area contributed by atoms with Crippen LogP contribution >= 0.6 is 20.5 Å². The molecule has 1 unspecified atom stereocenters. The van der Waals surface area contributed by atoms with E-state index in [0.717, 1.165) is 0 Å². The van der Waals surface area contributed by atoms with E-state index in [1.165, 1.54) is 0 Å². The van der Waals surface area contributed by atoms with Crippen molar-refractivity contribution in [3.8, 4) is 0 Å². The van der Waals surface area contributed by atoms with Gasteiger partial charge in [0.2, 0.25) is 0 Å². The number of hydrogen-bond acceptors (Lipinski definition) is 6. The normalized spacial score (nSPS) is 14.7. The molecule has 0 saturated carbocycles. The summed E-state index contributed by atoms with van der Waals surface area (Å²) in [5.41, 5.74) is 0. The van der Waals surface area contributed by atoms with Crippen molar-refractivity contribution in [2.24, 2.45) is 4.99 Å². The molecule has 0 aliphatic heterocycles. The third-order valence-corrected chi connectivity index (χ3v) is 1.69. The smallest absolute Gasteiger partial charge is 0.862 e. The molecule has 0 spiro atoms. The van der Waals surface area contributed by atoms with Gasteiger partial charge >= 0.3 is 59.1 Å². The van der Waals surface area contributed by atoms with Crippen LogP contribution < -0.4 is 69.1 Å². The molecule has 15 heavy (non-hydrogen) atoms. The van der Waals surface area contributed by atoms with Crippen LogP contribution in [0.15, 0.2) is 4.99 Å². The van der Waals surface area contributed by atoms with E-state index in [2.05, 4.69) is 22.1 Å². The van der Waals surface area contributed by atoms with E-state index >= 15 is 0 Å². The summed E-state index contributed by atoms with van der Waals surface area (Å²) in [6.45, 7) is -0.408. The zero-order valence-corrected chi connectivity index (χ0v) is 14.5. The van der Waals surface area contributed by atoms with E-state index in [1.54, 1.807) is 0 Å². The molecule has 78 valence electrons. The minimum absolute atomic E-state index is 0. The Balaban J connectivity index is -0.000000720. The summed E-state index contributed by atoms with van der Waals surface area (Å²) >= 11 is 3.80. The molecule has 0 amide bonds. The summed E-state index contributed by atoms with van der Waals surface area (Å²) in [4.78, 5) is 21.6. The predicted molar refractivity (Wildman–Crippen MR) is 46.5 cm³/mol. The molecule has 0 aliphatic rings. The Labute approximate surface area is 138 Å². The zero-order valence-electron chi connectivity index (χ0n) is 8.75. The maximum atomic E-state index is 10.7. The first kappa shape index (κ1) is 22.1.